The molecule has 15 heavy (non-hydrogen) atoms. The first-order valence-corrected chi connectivity index (χ1v) is 3.94. The Labute approximate surface area is 82.4 Å². The molecule has 0 atom stereocenters. The lowest BCUT2D eigenvalue weighted by atomic mass is 9.85. The molecular weight excluding hydrogens is 226 g/mol. The van der Waals surface area contributed by atoms with Crippen molar-refractivity contribution < 1.29 is 31.1 Å². The van der Waals surface area contributed by atoms with Gasteiger partial charge in [0.1, 0.15) is 0 Å². The van der Waals surface area contributed by atoms with E-state index in [1.54, 1.807) is 0 Å². The highest BCUT2D eigenvalue weighted by Crippen LogP contribution is 2.43. The van der Waals surface area contributed by atoms with Crippen LogP contribution >= 0.6 is 0 Å². The van der Waals surface area contributed by atoms with E-state index >= 15 is 0 Å². The topological polar surface area (TPSA) is 17.1 Å². The molecule has 0 spiro atoms. The zero-order chi connectivity index (χ0) is 12.7. The molecule has 0 saturated heterocycles. The predicted molar refractivity (Wildman–Crippen MR) is 40.4 cm³/mol. The van der Waals surface area contributed by atoms with E-state index in [1.807, 2.05) is 0 Å². The summed E-state index contributed by atoms with van der Waals surface area (Å²) >= 11 is 0. The van der Waals surface area contributed by atoms with Crippen LogP contribution in [0.5, 0.6) is 0 Å². The van der Waals surface area contributed by atoms with E-state index in [1.165, 1.54) is 0 Å². The summed E-state index contributed by atoms with van der Waals surface area (Å²) in [4.78, 5) is 10.9. The Morgan fingerprint density at radius 3 is 1.53 bits per heavy atom. The lowest BCUT2D eigenvalue weighted by Gasteiger charge is -2.29. The third-order valence-electron chi connectivity index (χ3n) is 1.66. The molecule has 0 aromatic heterocycles. The Hall–Kier alpha value is -0.750. The number of hydrogen-bond donors (Lipinski definition) is 0. The van der Waals surface area contributed by atoms with Gasteiger partial charge in [-0.25, -0.2) is 8.78 Å². The highest BCUT2D eigenvalue weighted by Gasteiger charge is 2.68. The monoisotopic (exact) mass is 236 g/mol. The first-order chi connectivity index (χ1) is 6.35. The quantitative estimate of drug-likeness (QED) is 0.688. The van der Waals surface area contributed by atoms with Gasteiger partial charge in [0.05, 0.1) is 0 Å². The summed E-state index contributed by atoms with van der Waals surface area (Å²) in [5.41, 5.74) is -1.82. The van der Waals surface area contributed by atoms with Crippen molar-refractivity contribution >= 4 is 5.78 Å². The molecule has 0 rings (SSSR count). The molecule has 0 aliphatic heterocycles. The lowest BCUT2D eigenvalue weighted by Crippen LogP contribution is -2.55. The average molecular weight is 236 g/mol. The van der Waals surface area contributed by atoms with Crippen molar-refractivity contribution in [2.75, 3.05) is 0 Å². The molecule has 0 aliphatic rings. The van der Waals surface area contributed by atoms with Crippen LogP contribution in [-0.2, 0) is 4.79 Å². The molecule has 0 bridgehead atoms. The molecule has 0 aromatic carbocycles. The maximum absolute atomic E-state index is 12.8. The third-order valence-corrected chi connectivity index (χ3v) is 1.66. The third kappa shape index (κ3) is 2.43. The summed E-state index contributed by atoms with van der Waals surface area (Å²) in [6.07, 6.45) is -4.58. The largest absolute Gasteiger partial charge is 0.376 e. The molecule has 7 heteroatoms. The fourth-order valence-corrected chi connectivity index (χ4v) is 0.759. The van der Waals surface area contributed by atoms with E-state index in [9.17, 15) is 31.1 Å². The summed E-state index contributed by atoms with van der Waals surface area (Å²) < 4.78 is 73.6. The number of rotatable bonds is 3. The average Bonchev–Trinajstić information content (AvgIpc) is 2.00. The highest BCUT2D eigenvalue weighted by molar-refractivity contribution is 5.91. The van der Waals surface area contributed by atoms with Crippen molar-refractivity contribution in [1.82, 2.24) is 0 Å². The number of carbonyl (C=O) groups is 1. The van der Waals surface area contributed by atoms with Gasteiger partial charge in [0.25, 0.3) is 0 Å². The SMILES string of the molecule is CC(C)(C)C(=O)C(F)(F)C(F)(F)C(F)F. The number of halogens is 6. The van der Waals surface area contributed by atoms with Crippen molar-refractivity contribution in [1.29, 1.82) is 0 Å². The second-order valence-electron chi connectivity index (χ2n) is 4.08. The van der Waals surface area contributed by atoms with Gasteiger partial charge in [-0.2, -0.15) is 17.6 Å². The van der Waals surface area contributed by atoms with Crippen molar-refractivity contribution in [3.05, 3.63) is 0 Å². The standard InChI is InChI=1S/C8H10F6O/c1-6(2,3)4(15)7(11,12)8(13,14)5(9)10/h5H,1-3H3. The van der Waals surface area contributed by atoms with Gasteiger partial charge in [0.2, 0.25) is 5.78 Å². The van der Waals surface area contributed by atoms with E-state index in [0.717, 1.165) is 20.8 Å². The maximum atomic E-state index is 12.8. The summed E-state index contributed by atoms with van der Waals surface area (Å²) in [7, 11) is 0. The zero-order valence-electron chi connectivity index (χ0n) is 8.25. The van der Waals surface area contributed by atoms with E-state index in [-0.39, 0.29) is 0 Å². The first kappa shape index (κ1) is 14.2. The minimum Gasteiger partial charge on any atom is -0.292 e. The van der Waals surface area contributed by atoms with Crippen LogP contribution in [0, 0.1) is 5.41 Å². The summed E-state index contributed by atoms with van der Waals surface area (Å²) in [5, 5.41) is 0. The van der Waals surface area contributed by atoms with Crippen molar-refractivity contribution in [2.24, 2.45) is 5.41 Å². The second-order valence-corrected chi connectivity index (χ2v) is 4.08. The van der Waals surface area contributed by atoms with Gasteiger partial charge in [-0.3, -0.25) is 4.79 Å². The second kappa shape index (κ2) is 3.68. The van der Waals surface area contributed by atoms with Crippen molar-refractivity contribution in [2.45, 2.75) is 39.0 Å². The van der Waals surface area contributed by atoms with Crippen LogP contribution in [0.4, 0.5) is 26.3 Å². The summed E-state index contributed by atoms with van der Waals surface area (Å²) in [6, 6.07) is 0. The van der Waals surface area contributed by atoms with Crippen LogP contribution in [0.2, 0.25) is 0 Å². The molecule has 90 valence electrons. The van der Waals surface area contributed by atoms with Gasteiger partial charge in [-0.05, 0) is 0 Å². The minimum absolute atomic E-state index is 0.949. The zero-order valence-corrected chi connectivity index (χ0v) is 8.25. The Kier molecular flexibility index (Phi) is 3.49. The van der Waals surface area contributed by atoms with Gasteiger partial charge in [-0.15, -0.1) is 0 Å². The van der Waals surface area contributed by atoms with E-state index in [4.69, 9.17) is 0 Å². The van der Waals surface area contributed by atoms with Crippen LogP contribution in [0.15, 0.2) is 0 Å². The predicted octanol–water partition coefficient (Wildman–Crippen LogP) is 3.14. The fourth-order valence-electron chi connectivity index (χ4n) is 0.759. The van der Waals surface area contributed by atoms with Gasteiger partial charge < -0.3 is 0 Å². The molecule has 0 unspecified atom stereocenters. The molecule has 0 saturated carbocycles. The van der Waals surface area contributed by atoms with Gasteiger partial charge >= 0.3 is 18.3 Å². The molecule has 0 aliphatic carbocycles. The van der Waals surface area contributed by atoms with Crippen molar-refractivity contribution in [3.8, 4) is 0 Å². The van der Waals surface area contributed by atoms with Crippen LogP contribution in [0.3, 0.4) is 0 Å². The smallest absolute Gasteiger partial charge is 0.292 e. The van der Waals surface area contributed by atoms with E-state index in [0.29, 0.717) is 0 Å². The minimum atomic E-state index is -5.64. The normalized spacial score (nSPS) is 14.5. The molecule has 0 aromatic rings. The Bertz CT molecular complexity index is 252. The highest BCUT2D eigenvalue weighted by atomic mass is 19.3. The van der Waals surface area contributed by atoms with E-state index in [2.05, 4.69) is 0 Å². The number of ketones is 1. The summed E-state index contributed by atoms with van der Waals surface area (Å²) in [6.45, 7) is 2.85. The first-order valence-electron chi connectivity index (χ1n) is 3.94. The Morgan fingerprint density at radius 2 is 1.33 bits per heavy atom. The van der Waals surface area contributed by atoms with Crippen LogP contribution in [0.1, 0.15) is 20.8 Å². The number of carbonyl (C=O) groups excluding carboxylic acids is 1. The molecule has 0 radical (unpaired) electrons. The summed E-state index contributed by atoms with van der Waals surface area (Å²) in [5.74, 6) is -13.2. The lowest BCUT2D eigenvalue weighted by molar-refractivity contribution is -0.256. The van der Waals surface area contributed by atoms with Crippen LogP contribution in [0.25, 0.3) is 0 Å². The van der Waals surface area contributed by atoms with Gasteiger partial charge in [0.15, 0.2) is 0 Å². The molecular formula is C8H10F6O. The number of alkyl halides is 6. The van der Waals surface area contributed by atoms with Crippen LogP contribution < -0.4 is 0 Å². The molecule has 0 N–H and O–H groups in total. The van der Waals surface area contributed by atoms with Crippen LogP contribution in [-0.4, -0.2) is 24.1 Å². The maximum Gasteiger partial charge on any atom is 0.376 e. The van der Waals surface area contributed by atoms with Crippen molar-refractivity contribution in [3.63, 3.8) is 0 Å². The fraction of sp³-hybridized carbons (Fsp3) is 0.875. The molecule has 1 nitrogen and oxygen atoms in total. The van der Waals surface area contributed by atoms with E-state index < -0.39 is 29.5 Å². The number of hydrogen-bond acceptors (Lipinski definition) is 1. The molecule has 0 heterocycles. The Balaban J connectivity index is 5.24. The Morgan fingerprint density at radius 1 is 1.00 bits per heavy atom. The molecule has 0 fully saturated rings. The van der Waals surface area contributed by atoms with Gasteiger partial charge in [-0.1, -0.05) is 20.8 Å². The molecule has 0 amide bonds. The number of Topliss-reactive ketones (excluding diaryl/α,β-unsaturated/α-hetero) is 1. The van der Waals surface area contributed by atoms with Gasteiger partial charge in [0, 0.05) is 5.41 Å².